The summed E-state index contributed by atoms with van der Waals surface area (Å²) in [4.78, 5) is 61.5. The second-order valence-electron chi connectivity index (χ2n) is 10.2. The van der Waals surface area contributed by atoms with E-state index in [1.165, 1.54) is 18.2 Å². The van der Waals surface area contributed by atoms with Gasteiger partial charge >= 0.3 is 12.1 Å². The van der Waals surface area contributed by atoms with Crippen molar-refractivity contribution in [3.05, 3.63) is 87.9 Å². The zero-order chi connectivity index (χ0) is 31.7. The quantitative estimate of drug-likeness (QED) is 0.216. The number of carboxylic acids is 1. The van der Waals surface area contributed by atoms with E-state index in [1.807, 2.05) is 30.3 Å². The van der Waals surface area contributed by atoms with E-state index in [4.69, 9.17) is 27.9 Å². The van der Waals surface area contributed by atoms with Crippen molar-refractivity contribution in [2.75, 3.05) is 18.4 Å². The summed E-state index contributed by atoms with van der Waals surface area (Å²) in [6.45, 7) is 4.17. The third-order valence-electron chi connectivity index (χ3n) is 5.66. The first-order valence-corrected chi connectivity index (χ1v) is 13.7. The van der Waals surface area contributed by atoms with Gasteiger partial charge in [-0.2, -0.15) is 0 Å². The molecule has 0 aliphatic carbocycles. The van der Waals surface area contributed by atoms with E-state index in [0.717, 1.165) is 5.56 Å². The Morgan fingerprint density at radius 2 is 1.49 bits per heavy atom. The summed E-state index contributed by atoms with van der Waals surface area (Å²) >= 11 is 12.6. The van der Waals surface area contributed by atoms with Gasteiger partial charge in [0.2, 0.25) is 5.91 Å². The highest BCUT2D eigenvalue weighted by Gasteiger charge is 2.25. The molecule has 0 fully saturated rings. The SMILES string of the molecule is CC(C)(C)OC(=O)Nc1cccc(C(=O)NCC(=O)NC[C@H](NC(=O)c2c(Cl)cc(-c3ccccc3)cc2Cl)C(=O)O)c1. The van der Waals surface area contributed by atoms with Crippen LogP contribution in [0.4, 0.5) is 10.5 Å². The van der Waals surface area contributed by atoms with Crippen LogP contribution < -0.4 is 21.3 Å². The first-order valence-electron chi connectivity index (χ1n) is 13.0. The predicted octanol–water partition coefficient (Wildman–Crippen LogP) is 4.74. The number of rotatable bonds is 10. The highest BCUT2D eigenvalue weighted by Crippen LogP contribution is 2.31. The van der Waals surface area contributed by atoms with E-state index in [0.29, 0.717) is 11.3 Å². The van der Waals surface area contributed by atoms with Crippen molar-refractivity contribution in [1.82, 2.24) is 16.0 Å². The molecule has 0 aliphatic heterocycles. The molecule has 0 bridgehead atoms. The van der Waals surface area contributed by atoms with E-state index < -0.39 is 54.5 Å². The number of ether oxygens (including phenoxy) is 1. The number of benzene rings is 3. The molecule has 0 saturated heterocycles. The van der Waals surface area contributed by atoms with Crippen molar-refractivity contribution in [2.24, 2.45) is 0 Å². The van der Waals surface area contributed by atoms with Crippen molar-refractivity contribution >= 4 is 58.7 Å². The van der Waals surface area contributed by atoms with Gasteiger partial charge in [-0.3, -0.25) is 19.7 Å². The molecule has 5 N–H and O–H groups in total. The molecule has 1 atom stereocenters. The lowest BCUT2D eigenvalue weighted by molar-refractivity contribution is -0.139. The van der Waals surface area contributed by atoms with Gasteiger partial charge in [0.15, 0.2) is 0 Å². The Hall–Kier alpha value is -4.61. The Morgan fingerprint density at radius 1 is 0.837 bits per heavy atom. The lowest BCUT2D eigenvalue weighted by Gasteiger charge is -2.19. The maximum Gasteiger partial charge on any atom is 0.412 e. The number of amides is 4. The topological polar surface area (TPSA) is 163 Å². The number of hydrogen-bond acceptors (Lipinski definition) is 6. The largest absolute Gasteiger partial charge is 0.480 e. The van der Waals surface area contributed by atoms with Crippen LogP contribution in [0.2, 0.25) is 10.0 Å². The predicted molar refractivity (Wildman–Crippen MR) is 162 cm³/mol. The van der Waals surface area contributed by atoms with Crippen LogP contribution in [0.15, 0.2) is 66.7 Å². The first-order chi connectivity index (χ1) is 20.2. The molecule has 3 rings (SSSR count). The van der Waals surface area contributed by atoms with Crippen LogP contribution in [0.5, 0.6) is 0 Å². The summed E-state index contributed by atoms with van der Waals surface area (Å²) < 4.78 is 5.18. The van der Waals surface area contributed by atoms with Gasteiger partial charge in [0, 0.05) is 17.8 Å². The minimum absolute atomic E-state index is 0.0186. The van der Waals surface area contributed by atoms with E-state index in [9.17, 15) is 29.1 Å². The highest BCUT2D eigenvalue weighted by molar-refractivity contribution is 6.40. The number of carbonyl (C=O) groups is 5. The fraction of sp³-hybridized carbons (Fsp3) is 0.233. The van der Waals surface area contributed by atoms with Crippen LogP contribution in [0.1, 0.15) is 41.5 Å². The number of carboxylic acid groups (broad SMARTS) is 1. The third-order valence-corrected chi connectivity index (χ3v) is 6.26. The summed E-state index contributed by atoms with van der Waals surface area (Å²) in [5, 5.41) is 19.2. The summed E-state index contributed by atoms with van der Waals surface area (Å²) in [7, 11) is 0. The molecular formula is C30H30Cl2N4O7. The molecule has 3 aromatic rings. The highest BCUT2D eigenvalue weighted by atomic mass is 35.5. The van der Waals surface area contributed by atoms with Gasteiger partial charge in [0.25, 0.3) is 11.8 Å². The van der Waals surface area contributed by atoms with E-state index in [1.54, 1.807) is 39.0 Å². The smallest absolute Gasteiger partial charge is 0.412 e. The number of hydrogen-bond donors (Lipinski definition) is 5. The van der Waals surface area contributed by atoms with Gasteiger partial charge in [-0.25, -0.2) is 9.59 Å². The van der Waals surface area contributed by atoms with Gasteiger partial charge in [-0.1, -0.05) is 59.6 Å². The molecule has 4 amide bonds. The summed E-state index contributed by atoms with van der Waals surface area (Å²) in [6, 6.07) is 16.7. The van der Waals surface area contributed by atoms with Gasteiger partial charge < -0.3 is 25.8 Å². The van der Waals surface area contributed by atoms with Crippen molar-refractivity contribution in [2.45, 2.75) is 32.4 Å². The Bertz CT molecular complexity index is 1500. The van der Waals surface area contributed by atoms with Crippen LogP contribution in [0, 0.1) is 0 Å². The molecule has 43 heavy (non-hydrogen) atoms. The fourth-order valence-electron chi connectivity index (χ4n) is 3.72. The molecule has 0 aromatic heterocycles. The third kappa shape index (κ3) is 10.0. The van der Waals surface area contributed by atoms with Crippen LogP contribution in [-0.4, -0.2) is 59.6 Å². The normalized spacial score (nSPS) is 11.6. The molecule has 0 saturated carbocycles. The molecular weight excluding hydrogens is 599 g/mol. The van der Waals surface area contributed by atoms with Crippen LogP contribution in [0.25, 0.3) is 11.1 Å². The number of halogens is 2. The minimum Gasteiger partial charge on any atom is -0.480 e. The van der Waals surface area contributed by atoms with Gasteiger partial charge in [-0.15, -0.1) is 0 Å². The van der Waals surface area contributed by atoms with Crippen molar-refractivity contribution in [1.29, 1.82) is 0 Å². The molecule has 226 valence electrons. The number of carbonyl (C=O) groups excluding carboxylic acids is 4. The molecule has 0 aliphatic rings. The minimum atomic E-state index is -1.52. The van der Waals surface area contributed by atoms with Gasteiger partial charge in [-0.05, 0) is 62.2 Å². The van der Waals surface area contributed by atoms with Crippen molar-refractivity contribution in [3.63, 3.8) is 0 Å². The summed E-state index contributed by atoms with van der Waals surface area (Å²) in [5.41, 5.74) is 1.13. The lowest BCUT2D eigenvalue weighted by atomic mass is 10.0. The Kier molecular flexibility index (Phi) is 11.1. The number of anilines is 1. The van der Waals surface area contributed by atoms with E-state index in [2.05, 4.69) is 21.3 Å². The first kappa shape index (κ1) is 32.9. The average Bonchev–Trinajstić information content (AvgIpc) is 2.92. The maximum absolute atomic E-state index is 12.9. The van der Waals surface area contributed by atoms with Crippen molar-refractivity contribution in [3.8, 4) is 11.1 Å². The zero-order valence-corrected chi connectivity index (χ0v) is 25.0. The molecule has 0 unspecified atom stereocenters. The van der Waals surface area contributed by atoms with Crippen molar-refractivity contribution < 1.29 is 33.8 Å². The van der Waals surface area contributed by atoms with Crippen LogP contribution in [-0.2, 0) is 14.3 Å². The molecule has 0 radical (unpaired) electrons. The lowest BCUT2D eigenvalue weighted by Crippen LogP contribution is -2.50. The molecule has 0 heterocycles. The second kappa shape index (κ2) is 14.5. The van der Waals surface area contributed by atoms with Gasteiger partial charge in [0.1, 0.15) is 11.6 Å². The number of nitrogens with one attached hydrogen (secondary N) is 4. The molecule has 11 nitrogen and oxygen atoms in total. The second-order valence-corrected chi connectivity index (χ2v) is 11.1. The Morgan fingerprint density at radius 3 is 2.09 bits per heavy atom. The van der Waals surface area contributed by atoms with Crippen LogP contribution >= 0.6 is 23.2 Å². The summed E-state index contributed by atoms with van der Waals surface area (Å²) in [5.74, 6) is -3.58. The number of aliphatic carboxylic acids is 1. The Balaban J connectivity index is 1.55. The average molecular weight is 629 g/mol. The Labute approximate surface area is 257 Å². The molecule has 3 aromatic carbocycles. The van der Waals surface area contributed by atoms with Crippen LogP contribution in [0.3, 0.4) is 0 Å². The standard InChI is InChI=1S/C30H30Cl2N4O7/c1-30(2,3)43-29(42)35-20-11-7-10-18(12-20)26(38)34-16-24(37)33-15-23(28(40)41)36-27(39)25-21(31)13-19(14-22(25)32)17-8-5-4-6-9-17/h4-14,23H,15-16H2,1-3H3,(H,33,37)(H,34,38)(H,35,42)(H,36,39)(H,40,41)/t23-/m0/s1. The summed E-state index contributed by atoms with van der Waals surface area (Å²) in [6.07, 6.45) is -0.696. The molecule has 0 spiro atoms. The zero-order valence-electron chi connectivity index (χ0n) is 23.5. The fourth-order valence-corrected chi connectivity index (χ4v) is 4.38. The molecule has 13 heteroatoms. The maximum atomic E-state index is 12.9. The van der Waals surface area contributed by atoms with E-state index in [-0.39, 0.29) is 21.2 Å². The monoisotopic (exact) mass is 628 g/mol. The van der Waals surface area contributed by atoms with E-state index >= 15 is 0 Å². The van der Waals surface area contributed by atoms with Gasteiger partial charge in [0.05, 0.1) is 22.2 Å².